The van der Waals surface area contributed by atoms with Gasteiger partial charge in [-0.2, -0.15) is 0 Å². The molecule has 0 rings (SSSR count). The van der Waals surface area contributed by atoms with E-state index in [1.54, 1.807) is 0 Å². The topological polar surface area (TPSA) is 63.6 Å². The first-order valence-corrected chi connectivity index (χ1v) is 12.6. The smallest absolute Gasteiger partial charge is 0.307 e. The minimum absolute atomic E-state index is 0.000521. The number of esters is 1. The molecule has 4 heteroatoms. The molecule has 0 aliphatic carbocycles. The second-order valence-corrected chi connectivity index (χ2v) is 8.54. The number of aliphatic carboxylic acids is 1. The van der Waals surface area contributed by atoms with Crippen molar-refractivity contribution in [3.05, 3.63) is 12.2 Å². The summed E-state index contributed by atoms with van der Waals surface area (Å²) in [6.45, 7) is 4.56. The van der Waals surface area contributed by atoms with Crippen molar-refractivity contribution in [1.82, 2.24) is 0 Å². The Balaban J connectivity index is 3.49. The van der Waals surface area contributed by atoms with Crippen molar-refractivity contribution in [2.75, 3.05) is 6.61 Å². The predicted octanol–water partition coefficient (Wildman–Crippen LogP) is 7.85. The zero-order valence-electron chi connectivity index (χ0n) is 19.8. The molecule has 0 aliphatic heterocycles. The highest BCUT2D eigenvalue weighted by Crippen LogP contribution is 2.17. The summed E-state index contributed by atoms with van der Waals surface area (Å²) in [5, 5.41) is 9.27. The summed E-state index contributed by atoms with van der Waals surface area (Å²) in [6.07, 6.45) is 24.8. The molecule has 1 N–H and O–H groups in total. The van der Waals surface area contributed by atoms with Gasteiger partial charge in [0.15, 0.2) is 0 Å². The van der Waals surface area contributed by atoms with Gasteiger partial charge in [-0.3, -0.25) is 9.59 Å². The van der Waals surface area contributed by atoms with Crippen LogP contribution in [0.1, 0.15) is 129 Å². The number of allylic oxidation sites excluding steroid dienone is 2. The highest BCUT2D eigenvalue weighted by atomic mass is 16.5. The number of hydrogen-bond donors (Lipinski definition) is 1. The van der Waals surface area contributed by atoms with Crippen molar-refractivity contribution >= 4 is 11.9 Å². The summed E-state index contributed by atoms with van der Waals surface area (Å²) in [5.41, 5.74) is 0. The maximum atomic E-state index is 11.6. The monoisotopic (exact) mass is 424 g/mol. The molecule has 0 aliphatic rings. The number of unbranched alkanes of at least 4 members (excludes halogenated alkanes) is 13. The lowest BCUT2D eigenvalue weighted by atomic mass is 9.97. The molecule has 0 aromatic rings. The van der Waals surface area contributed by atoms with Crippen LogP contribution < -0.4 is 0 Å². The summed E-state index contributed by atoms with van der Waals surface area (Å²) in [5.74, 6) is -1.87. The van der Waals surface area contributed by atoms with Crippen LogP contribution in [0.5, 0.6) is 0 Å². The van der Waals surface area contributed by atoms with Crippen LogP contribution >= 0.6 is 0 Å². The Hall–Kier alpha value is -1.32. The largest absolute Gasteiger partial charge is 0.481 e. The zero-order chi connectivity index (χ0) is 22.3. The highest BCUT2D eigenvalue weighted by molar-refractivity contribution is 5.78. The van der Waals surface area contributed by atoms with E-state index in [4.69, 9.17) is 4.74 Å². The van der Waals surface area contributed by atoms with E-state index >= 15 is 0 Å². The Kier molecular flexibility index (Phi) is 21.4. The maximum absolute atomic E-state index is 11.6. The zero-order valence-corrected chi connectivity index (χ0v) is 19.8. The molecule has 0 saturated carbocycles. The van der Waals surface area contributed by atoms with Crippen LogP contribution in [0.25, 0.3) is 0 Å². The molecular weight excluding hydrogens is 376 g/mol. The molecule has 1 atom stereocenters. The van der Waals surface area contributed by atoms with Crippen molar-refractivity contribution in [1.29, 1.82) is 0 Å². The first-order chi connectivity index (χ1) is 14.6. The molecule has 1 unspecified atom stereocenters. The maximum Gasteiger partial charge on any atom is 0.307 e. The minimum Gasteiger partial charge on any atom is -0.481 e. The normalized spacial score (nSPS) is 12.3. The van der Waals surface area contributed by atoms with Gasteiger partial charge in [0.25, 0.3) is 0 Å². The Morgan fingerprint density at radius 2 is 1.23 bits per heavy atom. The third-order valence-corrected chi connectivity index (χ3v) is 5.54. The number of rotatable bonds is 22. The van der Waals surface area contributed by atoms with Gasteiger partial charge in [0, 0.05) is 0 Å². The molecule has 0 bridgehead atoms. The Morgan fingerprint density at radius 3 is 1.73 bits per heavy atom. The SMILES string of the molecule is CCCCCCCCC/C=C/CCCCCCCCC(CC(=O)OCCC)C(=O)O. The van der Waals surface area contributed by atoms with Gasteiger partial charge in [-0.05, 0) is 38.5 Å². The van der Waals surface area contributed by atoms with E-state index < -0.39 is 11.9 Å². The average molecular weight is 425 g/mol. The van der Waals surface area contributed by atoms with E-state index in [1.807, 2.05) is 6.92 Å². The fourth-order valence-electron chi connectivity index (χ4n) is 3.60. The van der Waals surface area contributed by atoms with Crippen molar-refractivity contribution < 1.29 is 19.4 Å². The van der Waals surface area contributed by atoms with Crippen molar-refractivity contribution in [3.8, 4) is 0 Å². The molecule has 0 fully saturated rings. The van der Waals surface area contributed by atoms with E-state index in [1.165, 1.54) is 77.0 Å². The first kappa shape index (κ1) is 28.7. The standard InChI is InChI=1S/C26H48O4/c1-3-5-6-7-8-9-10-11-12-13-14-15-16-17-18-19-20-21-24(26(28)29)23-25(27)30-22-4-2/h12-13,24H,3-11,14-23H2,1-2H3,(H,28,29)/b13-12+. The van der Waals surface area contributed by atoms with Crippen LogP contribution in [-0.4, -0.2) is 23.7 Å². The summed E-state index contributed by atoms with van der Waals surface area (Å²) >= 11 is 0. The van der Waals surface area contributed by atoms with Crippen molar-refractivity contribution in [2.45, 2.75) is 129 Å². The third-order valence-electron chi connectivity index (χ3n) is 5.54. The van der Waals surface area contributed by atoms with Gasteiger partial charge in [-0.1, -0.05) is 96.6 Å². The molecule has 176 valence electrons. The number of carboxylic acids is 1. The molecule has 0 aromatic carbocycles. The Bertz CT molecular complexity index is 431. The Morgan fingerprint density at radius 1 is 0.733 bits per heavy atom. The second-order valence-electron chi connectivity index (χ2n) is 8.54. The summed E-state index contributed by atoms with van der Waals surface area (Å²) < 4.78 is 5.00. The van der Waals surface area contributed by atoms with Crippen LogP contribution in [0.4, 0.5) is 0 Å². The molecule has 30 heavy (non-hydrogen) atoms. The minimum atomic E-state index is -0.883. The summed E-state index contributed by atoms with van der Waals surface area (Å²) in [6, 6.07) is 0. The molecule has 4 nitrogen and oxygen atoms in total. The van der Waals surface area contributed by atoms with Gasteiger partial charge in [0.2, 0.25) is 0 Å². The second kappa shape index (κ2) is 22.4. The lowest BCUT2D eigenvalue weighted by molar-refractivity contribution is -0.151. The van der Waals surface area contributed by atoms with Crippen molar-refractivity contribution in [2.24, 2.45) is 5.92 Å². The molecule has 0 heterocycles. The van der Waals surface area contributed by atoms with Crippen LogP contribution in [0.15, 0.2) is 12.2 Å². The van der Waals surface area contributed by atoms with E-state index in [9.17, 15) is 14.7 Å². The fraction of sp³-hybridized carbons (Fsp3) is 0.846. The molecule has 0 saturated heterocycles. The van der Waals surface area contributed by atoms with Gasteiger partial charge in [-0.25, -0.2) is 0 Å². The number of carboxylic acid groups (broad SMARTS) is 1. The number of carbonyl (C=O) groups is 2. The third kappa shape index (κ3) is 20.0. The van der Waals surface area contributed by atoms with Crippen LogP contribution in [0.2, 0.25) is 0 Å². The van der Waals surface area contributed by atoms with E-state index in [0.29, 0.717) is 13.0 Å². The van der Waals surface area contributed by atoms with E-state index in [-0.39, 0.29) is 12.4 Å². The Labute approximate surface area is 185 Å². The molecule has 0 aromatic heterocycles. The first-order valence-electron chi connectivity index (χ1n) is 12.6. The highest BCUT2D eigenvalue weighted by Gasteiger charge is 2.21. The number of carbonyl (C=O) groups excluding carboxylic acids is 1. The van der Waals surface area contributed by atoms with Gasteiger partial charge in [0.1, 0.15) is 0 Å². The number of hydrogen-bond acceptors (Lipinski definition) is 3. The molecule has 0 amide bonds. The van der Waals surface area contributed by atoms with Gasteiger partial charge >= 0.3 is 11.9 Å². The van der Waals surface area contributed by atoms with Gasteiger partial charge in [-0.15, -0.1) is 0 Å². The molecule has 0 spiro atoms. The lowest BCUT2D eigenvalue weighted by Gasteiger charge is -2.11. The quantitative estimate of drug-likeness (QED) is 0.109. The van der Waals surface area contributed by atoms with Gasteiger partial charge < -0.3 is 9.84 Å². The van der Waals surface area contributed by atoms with E-state index in [0.717, 1.165) is 25.7 Å². The fourth-order valence-corrected chi connectivity index (χ4v) is 3.60. The van der Waals surface area contributed by atoms with Crippen LogP contribution in [0, 0.1) is 5.92 Å². The van der Waals surface area contributed by atoms with E-state index in [2.05, 4.69) is 19.1 Å². The van der Waals surface area contributed by atoms with Gasteiger partial charge in [0.05, 0.1) is 18.9 Å². The van der Waals surface area contributed by atoms with Crippen molar-refractivity contribution in [3.63, 3.8) is 0 Å². The molecular formula is C26H48O4. The number of ether oxygens (including phenoxy) is 1. The van der Waals surface area contributed by atoms with Crippen LogP contribution in [-0.2, 0) is 14.3 Å². The lowest BCUT2D eigenvalue weighted by Crippen LogP contribution is -2.19. The average Bonchev–Trinajstić information content (AvgIpc) is 2.73. The van der Waals surface area contributed by atoms with Crippen LogP contribution in [0.3, 0.4) is 0 Å². The molecule has 0 radical (unpaired) electrons. The predicted molar refractivity (Wildman–Crippen MR) is 126 cm³/mol. The summed E-state index contributed by atoms with van der Waals surface area (Å²) in [7, 11) is 0. The summed E-state index contributed by atoms with van der Waals surface area (Å²) in [4.78, 5) is 22.9.